The fourth-order valence-electron chi connectivity index (χ4n) is 3.94. The van der Waals surface area contributed by atoms with Gasteiger partial charge in [0, 0.05) is 51.4 Å². The molecule has 1 aromatic rings. The molecule has 2 aliphatic rings. The monoisotopic (exact) mass is 563 g/mol. The minimum absolute atomic E-state index is 0.0000137. The summed E-state index contributed by atoms with van der Waals surface area (Å²) in [5, 5.41) is 1.52. The normalized spacial score (nSPS) is 16.2. The maximum absolute atomic E-state index is 12.4. The number of methoxy groups -OCH3 is 3. The van der Waals surface area contributed by atoms with Crippen molar-refractivity contribution in [2.45, 2.75) is 0 Å². The van der Waals surface area contributed by atoms with Crippen LogP contribution in [-0.2, 0) is 33.5 Å². The number of rotatable bonds is 11. The van der Waals surface area contributed by atoms with Crippen molar-refractivity contribution in [1.29, 1.82) is 0 Å². The maximum atomic E-state index is 12.4. The van der Waals surface area contributed by atoms with Crippen LogP contribution in [0.1, 0.15) is 5.56 Å². The average molecular weight is 564 g/mol. The zero-order valence-corrected chi connectivity index (χ0v) is 23.2. The Morgan fingerprint density at radius 3 is 2.05 bits per heavy atom. The van der Waals surface area contributed by atoms with Crippen LogP contribution in [-0.4, -0.2) is 126 Å². The Labute approximate surface area is 233 Å². The number of ether oxygens (including phenoxy) is 5. The first kappa shape index (κ1) is 32.3. The predicted octanol–water partition coefficient (Wildman–Crippen LogP) is 0.575. The fraction of sp³-hybridized carbons (Fsp3) is 0.481. The molecule has 0 spiro atoms. The number of nitrogens with zero attached hydrogens (tertiary/aromatic N) is 3. The van der Waals surface area contributed by atoms with Crippen LogP contribution >= 0.6 is 0 Å². The molecule has 220 valence electrons. The summed E-state index contributed by atoms with van der Waals surface area (Å²) in [7, 11) is 4.58. The highest BCUT2D eigenvalue weighted by molar-refractivity contribution is 5.91. The maximum Gasteiger partial charge on any atom is 0.349 e. The van der Waals surface area contributed by atoms with Gasteiger partial charge in [-0.05, 0) is 23.8 Å². The summed E-state index contributed by atoms with van der Waals surface area (Å²) in [6.45, 7) is 6.83. The summed E-state index contributed by atoms with van der Waals surface area (Å²) >= 11 is 0. The van der Waals surface area contributed by atoms with E-state index < -0.39 is 11.9 Å². The number of piperazine rings is 1. The summed E-state index contributed by atoms with van der Waals surface area (Å²) in [5.41, 5.74) is 0.764. The molecule has 1 amide bonds. The molecule has 0 aliphatic carbocycles. The van der Waals surface area contributed by atoms with E-state index in [4.69, 9.17) is 33.3 Å². The van der Waals surface area contributed by atoms with Crippen molar-refractivity contribution in [3.8, 4) is 17.2 Å². The number of carbonyl (C=O) groups is 4. The molecule has 2 saturated heterocycles. The van der Waals surface area contributed by atoms with Crippen LogP contribution in [0.25, 0.3) is 6.08 Å². The van der Waals surface area contributed by atoms with Crippen molar-refractivity contribution in [2.24, 2.45) is 0 Å². The number of carbonyl (C=O) groups excluding carboxylic acids is 4. The van der Waals surface area contributed by atoms with Crippen molar-refractivity contribution in [1.82, 2.24) is 14.9 Å². The van der Waals surface area contributed by atoms with Gasteiger partial charge in [0.1, 0.15) is 13.4 Å². The third-order valence-electron chi connectivity index (χ3n) is 5.95. The van der Waals surface area contributed by atoms with Crippen LogP contribution in [0.5, 0.6) is 17.2 Å². The highest BCUT2D eigenvalue weighted by Gasteiger charge is 2.24. The Kier molecular flexibility index (Phi) is 14.2. The van der Waals surface area contributed by atoms with Crippen LogP contribution in [0.15, 0.2) is 30.4 Å². The molecule has 1 aromatic carbocycles. The van der Waals surface area contributed by atoms with Crippen LogP contribution in [0, 0.1) is 0 Å². The number of hydrogen-bond acceptors (Lipinski definition) is 12. The van der Waals surface area contributed by atoms with E-state index in [1.165, 1.54) is 26.4 Å². The van der Waals surface area contributed by atoms with Gasteiger partial charge in [-0.15, -0.1) is 5.06 Å². The Morgan fingerprint density at radius 2 is 1.48 bits per heavy atom. The van der Waals surface area contributed by atoms with Gasteiger partial charge in [0.15, 0.2) is 11.5 Å². The molecule has 2 heterocycles. The Bertz CT molecular complexity index is 1010. The lowest BCUT2D eigenvalue weighted by molar-refractivity contribution is -0.192. The summed E-state index contributed by atoms with van der Waals surface area (Å²) in [6.07, 6.45) is 5.43. The first-order valence-electron chi connectivity index (χ1n) is 12.6. The van der Waals surface area contributed by atoms with Gasteiger partial charge in [-0.1, -0.05) is 6.08 Å². The number of hydroxylamine groups is 2. The predicted molar refractivity (Wildman–Crippen MR) is 144 cm³/mol. The van der Waals surface area contributed by atoms with Crippen molar-refractivity contribution < 1.29 is 47.7 Å². The molecule has 0 unspecified atom stereocenters. The number of amides is 1. The van der Waals surface area contributed by atoms with E-state index >= 15 is 0 Å². The van der Waals surface area contributed by atoms with Gasteiger partial charge in [-0.25, -0.2) is 9.59 Å². The quantitative estimate of drug-likeness (QED) is 0.275. The van der Waals surface area contributed by atoms with Gasteiger partial charge in [0.25, 0.3) is 0 Å². The third kappa shape index (κ3) is 10.3. The van der Waals surface area contributed by atoms with E-state index in [1.807, 2.05) is 16.6 Å². The second-order valence-corrected chi connectivity index (χ2v) is 8.43. The zero-order valence-electron chi connectivity index (χ0n) is 23.2. The molecule has 0 bridgehead atoms. The molecular weight excluding hydrogens is 526 g/mol. The smallest absolute Gasteiger partial charge is 0.349 e. The molecule has 13 heteroatoms. The molecule has 3 rings (SSSR count). The molecule has 0 saturated carbocycles. The van der Waals surface area contributed by atoms with Gasteiger partial charge in [0.2, 0.25) is 11.7 Å². The lowest BCUT2D eigenvalue weighted by Crippen LogP contribution is -2.51. The molecule has 13 nitrogen and oxygen atoms in total. The van der Waals surface area contributed by atoms with Crippen LogP contribution in [0.2, 0.25) is 0 Å². The Morgan fingerprint density at radius 1 is 0.875 bits per heavy atom. The molecule has 0 N–H and O–H groups in total. The first-order chi connectivity index (χ1) is 19.4. The van der Waals surface area contributed by atoms with E-state index in [-0.39, 0.29) is 12.5 Å². The van der Waals surface area contributed by atoms with Crippen LogP contribution < -0.4 is 14.2 Å². The van der Waals surface area contributed by atoms with E-state index in [0.29, 0.717) is 76.3 Å². The molecule has 0 aromatic heterocycles. The van der Waals surface area contributed by atoms with Crippen molar-refractivity contribution in [3.05, 3.63) is 35.9 Å². The number of esters is 1. The Balaban J connectivity index is 0.00000274. The third-order valence-corrected chi connectivity index (χ3v) is 5.95. The summed E-state index contributed by atoms with van der Waals surface area (Å²) < 4.78 is 26.3. The summed E-state index contributed by atoms with van der Waals surface area (Å²) in [5.74, 6) is 0.228. The van der Waals surface area contributed by atoms with Gasteiger partial charge in [-0.2, -0.15) is 0 Å². The SMILES string of the molecule is C=O.COc1cc(/C=C/COC(=O)/C=C\C(=O)ON2CCN(CC(=O)N3CCOCC3)CC2)cc(OC)c1OC. The lowest BCUT2D eigenvalue weighted by atomic mass is 10.1. The number of morpholine rings is 1. The average Bonchev–Trinajstić information content (AvgIpc) is 3.00. The van der Waals surface area contributed by atoms with E-state index in [2.05, 4.69) is 0 Å². The van der Waals surface area contributed by atoms with E-state index in [9.17, 15) is 14.4 Å². The fourth-order valence-corrected chi connectivity index (χ4v) is 3.94. The van der Waals surface area contributed by atoms with E-state index in [1.54, 1.807) is 24.3 Å². The number of hydrogen-bond donors (Lipinski definition) is 0. The minimum Gasteiger partial charge on any atom is -0.493 e. The van der Waals surface area contributed by atoms with Crippen molar-refractivity contribution in [3.63, 3.8) is 0 Å². The second-order valence-electron chi connectivity index (χ2n) is 8.43. The molecule has 2 aliphatic heterocycles. The Hall–Kier alpha value is -3.94. The van der Waals surface area contributed by atoms with Crippen molar-refractivity contribution >= 4 is 30.7 Å². The second kappa shape index (κ2) is 17.6. The van der Waals surface area contributed by atoms with Gasteiger partial charge in [0.05, 0.1) is 41.1 Å². The summed E-state index contributed by atoms with van der Waals surface area (Å²) in [4.78, 5) is 53.5. The van der Waals surface area contributed by atoms with Gasteiger partial charge < -0.3 is 38.2 Å². The first-order valence-corrected chi connectivity index (χ1v) is 12.6. The standard InChI is InChI=1S/C26H35N3O9.CH2O/c1-33-21-17-20(18-22(34-2)26(21)35-3)5-4-14-37-24(31)6-7-25(32)38-29-10-8-27(9-11-29)19-23(30)28-12-15-36-16-13-28;1-2/h4-7,17-18H,8-16,19H2,1-3H3;1H2/b5-4+,7-6-;. The lowest BCUT2D eigenvalue weighted by Gasteiger charge is -2.34. The zero-order chi connectivity index (χ0) is 29.3. The highest BCUT2D eigenvalue weighted by atomic mass is 16.7. The van der Waals surface area contributed by atoms with Crippen molar-refractivity contribution in [2.75, 3.05) is 87.0 Å². The topological polar surface area (TPSA) is 133 Å². The summed E-state index contributed by atoms with van der Waals surface area (Å²) in [6, 6.07) is 3.52. The van der Waals surface area contributed by atoms with Gasteiger partial charge in [-0.3, -0.25) is 9.69 Å². The molecule has 0 atom stereocenters. The van der Waals surface area contributed by atoms with Crippen LogP contribution in [0.3, 0.4) is 0 Å². The van der Waals surface area contributed by atoms with E-state index in [0.717, 1.165) is 17.7 Å². The number of benzene rings is 1. The highest BCUT2D eigenvalue weighted by Crippen LogP contribution is 2.38. The van der Waals surface area contributed by atoms with Gasteiger partial charge >= 0.3 is 11.9 Å². The molecule has 40 heavy (non-hydrogen) atoms. The van der Waals surface area contributed by atoms with Crippen LogP contribution in [0.4, 0.5) is 0 Å². The largest absolute Gasteiger partial charge is 0.493 e. The molecule has 2 fully saturated rings. The molecular formula is C27H37N3O10. The minimum atomic E-state index is -0.678. The molecule has 0 radical (unpaired) electrons.